The van der Waals surface area contributed by atoms with Crippen LogP contribution in [0.4, 0.5) is 11.4 Å². The minimum atomic E-state index is 0.583. The molecule has 0 unspecified atom stereocenters. The van der Waals surface area contributed by atoms with Crippen LogP contribution in [0.2, 0.25) is 0 Å². The minimum absolute atomic E-state index is 0.583. The second kappa shape index (κ2) is 4.44. The standard InChI is InChI=1S/C12H10N2O2/c15-7-13-11-6-5-9-3-1-2-4-10(9)12(11)14-8-16/h1-8H,(H,13,15)(H,14,16). The number of rotatable bonds is 4. The molecule has 0 aliphatic rings. The Labute approximate surface area is 92.3 Å². The van der Waals surface area contributed by atoms with Crippen molar-refractivity contribution in [3.05, 3.63) is 36.4 Å². The summed E-state index contributed by atoms with van der Waals surface area (Å²) in [6.45, 7) is 0. The van der Waals surface area contributed by atoms with Crippen LogP contribution in [-0.4, -0.2) is 12.8 Å². The van der Waals surface area contributed by atoms with Gasteiger partial charge in [0, 0.05) is 5.39 Å². The molecule has 16 heavy (non-hydrogen) atoms. The number of carbonyl (C=O) groups excluding carboxylic acids is 2. The summed E-state index contributed by atoms with van der Waals surface area (Å²) in [6.07, 6.45) is 1.18. The van der Waals surface area contributed by atoms with Crippen LogP contribution in [0.15, 0.2) is 36.4 Å². The van der Waals surface area contributed by atoms with Crippen LogP contribution in [-0.2, 0) is 9.59 Å². The van der Waals surface area contributed by atoms with Crippen LogP contribution >= 0.6 is 0 Å². The largest absolute Gasteiger partial charge is 0.327 e. The zero-order valence-electron chi connectivity index (χ0n) is 8.44. The van der Waals surface area contributed by atoms with Gasteiger partial charge in [-0.2, -0.15) is 0 Å². The van der Waals surface area contributed by atoms with Gasteiger partial charge in [0.15, 0.2) is 0 Å². The van der Waals surface area contributed by atoms with Gasteiger partial charge in [0.1, 0.15) is 0 Å². The molecular formula is C12H10N2O2. The second-order valence-electron chi connectivity index (χ2n) is 3.23. The molecule has 80 valence electrons. The van der Waals surface area contributed by atoms with E-state index < -0.39 is 0 Å². The van der Waals surface area contributed by atoms with E-state index in [1.165, 1.54) is 0 Å². The smallest absolute Gasteiger partial charge is 0.211 e. The Hall–Kier alpha value is -2.36. The van der Waals surface area contributed by atoms with E-state index in [1.54, 1.807) is 6.07 Å². The number of fused-ring (bicyclic) bond motifs is 1. The van der Waals surface area contributed by atoms with Crippen molar-refractivity contribution < 1.29 is 9.59 Å². The molecule has 0 bridgehead atoms. The van der Waals surface area contributed by atoms with Crippen LogP contribution in [0, 0.1) is 0 Å². The summed E-state index contributed by atoms with van der Waals surface area (Å²) in [5.41, 5.74) is 1.20. The lowest BCUT2D eigenvalue weighted by atomic mass is 10.1. The summed E-state index contributed by atoms with van der Waals surface area (Å²) >= 11 is 0. The number of hydrogen-bond acceptors (Lipinski definition) is 2. The molecule has 2 aromatic rings. The second-order valence-corrected chi connectivity index (χ2v) is 3.23. The average molecular weight is 214 g/mol. The number of anilines is 2. The fourth-order valence-electron chi connectivity index (χ4n) is 1.67. The van der Waals surface area contributed by atoms with Crippen molar-refractivity contribution in [3.63, 3.8) is 0 Å². The lowest BCUT2D eigenvalue weighted by molar-refractivity contribution is -0.106. The van der Waals surface area contributed by atoms with E-state index in [0.29, 0.717) is 24.2 Å². The van der Waals surface area contributed by atoms with Crippen LogP contribution in [0.25, 0.3) is 10.8 Å². The van der Waals surface area contributed by atoms with Crippen molar-refractivity contribution in [3.8, 4) is 0 Å². The summed E-state index contributed by atoms with van der Waals surface area (Å²) in [7, 11) is 0. The first-order chi connectivity index (χ1) is 7.86. The lowest BCUT2D eigenvalue weighted by Gasteiger charge is -2.10. The van der Waals surface area contributed by atoms with E-state index in [9.17, 15) is 9.59 Å². The molecule has 0 spiro atoms. The van der Waals surface area contributed by atoms with Gasteiger partial charge in [-0.3, -0.25) is 9.59 Å². The van der Waals surface area contributed by atoms with Gasteiger partial charge < -0.3 is 10.6 Å². The molecule has 4 heteroatoms. The van der Waals surface area contributed by atoms with E-state index in [1.807, 2.05) is 30.3 Å². The third kappa shape index (κ3) is 1.72. The summed E-state index contributed by atoms with van der Waals surface area (Å²) in [5.74, 6) is 0. The number of amides is 2. The van der Waals surface area contributed by atoms with Gasteiger partial charge in [0.2, 0.25) is 12.8 Å². The van der Waals surface area contributed by atoms with Gasteiger partial charge >= 0.3 is 0 Å². The molecule has 0 saturated heterocycles. The monoisotopic (exact) mass is 214 g/mol. The van der Waals surface area contributed by atoms with Crippen LogP contribution in [0.1, 0.15) is 0 Å². The van der Waals surface area contributed by atoms with Gasteiger partial charge in [-0.1, -0.05) is 30.3 Å². The molecule has 0 aliphatic carbocycles. The molecule has 0 radical (unpaired) electrons. The number of nitrogens with one attached hydrogen (secondary N) is 2. The molecule has 0 heterocycles. The Bertz CT molecular complexity index is 538. The van der Waals surface area contributed by atoms with Crippen molar-refractivity contribution in [1.29, 1.82) is 0 Å². The molecule has 2 N–H and O–H groups in total. The molecule has 4 nitrogen and oxygen atoms in total. The van der Waals surface area contributed by atoms with E-state index in [2.05, 4.69) is 10.6 Å². The molecule has 2 amide bonds. The molecule has 2 aromatic carbocycles. The summed E-state index contributed by atoms with van der Waals surface area (Å²) in [4.78, 5) is 21.0. The molecule has 0 aliphatic heterocycles. The van der Waals surface area contributed by atoms with E-state index in [4.69, 9.17) is 0 Å². The topological polar surface area (TPSA) is 58.2 Å². The highest BCUT2D eigenvalue weighted by atomic mass is 16.1. The van der Waals surface area contributed by atoms with E-state index in [-0.39, 0.29) is 0 Å². The van der Waals surface area contributed by atoms with Crippen molar-refractivity contribution in [2.24, 2.45) is 0 Å². The Morgan fingerprint density at radius 1 is 0.875 bits per heavy atom. The predicted molar refractivity (Wildman–Crippen MR) is 63.3 cm³/mol. The Morgan fingerprint density at radius 3 is 2.38 bits per heavy atom. The zero-order valence-corrected chi connectivity index (χ0v) is 8.44. The SMILES string of the molecule is O=CNc1ccc2ccccc2c1NC=O. The van der Waals surface area contributed by atoms with Gasteiger partial charge in [0.05, 0.1) is 11.4 Å². The van der Waals surface area contributed by atoms with Crippen molar-refractivity contribution in [1.82, 2.24) is 0 Å². The normalized spacial score (nSPS) is 9.75. The lowest BCUT2D eigenvalue weighted by Crippen LogP contribution is -2.02. The maximum atomic E-state index is 10.5. The van der Waals surface area contributed by atoms with Gasteiger partial charge in [-0.25, -0.2) is 0 Å². The highest BCUT2D eigenvalue weighted by Gasteiger charge is 2.05. The number of hydrogen-bond donors (Lipinski definition) is 2. The minimum Gasteiger partial charge on any atom is -0.327 e. The first kappa shape index (κ1) is 10.2. The molecule has 0 aromatic heterocycles. The van der Waals surface area contributed by atoms with E-state index in [0.717, 1.165) is 10.8 Å². The van der Waals surface area contributed by atoms with Crippen LogP contribution in [0.3, 0.4) is 0 Å². The first-order valence-corrected chi connectivity index (χ1v) is 4.79. The molecular weight excluding hydrogens is 204 g/mol. The quantitative estimate of drug-likeness (QED) is 0.764. The van der Waals surface area contributed by atoms with Crippen LogP contribution < -0.4 is 10.6 Å². The van der Waals surface area contributed by atoms with Crippen LogP contribution in [0.5, 0.6) is 0 Å². The first-order valence-electron chi connectivity index (χ1n) is 4.79. The fourth-order valence-corrected chi connectivity index (χ4v) is 1.67. The van der Waals surface area contributed by atoms with Crippen molar-refractivity contribution >= 4 is 35.0 Å². The van der Waals surface area contributed by atoms with Crippen molar-refractivity contribution in [2.45, 2.75) is 0 Å². The zero-order chi connectivity index (χ0) is 11.4. The summed E-state index contributed by atoms with van der Waals surface area (Å²) < 4.78 is 0. The Kier molecular flexibility index (Phi) is 2.82. The predicted octanol–water partition coefficient (Wildman–Crippen LogP) is 1.98. The maximum absolute atomic E-state index is 10.5. The van der Waals surface area contributed by atoms with Gasteiger partial charge in [-0.05, 0) is 11.5 Å². The summed E-state index contributed by atoms with van der Waals surface area (Å²) in [6, 6.07) is 11.3. The molecule has 0 fully saturated rings. The van der Waals surface area contributed by atoms with E-state index >= 15 is 0 Å². The highest BCUT2D eigenvalue weighted by molar-refractivity contribution is 6.05. The summed E-state index contributed by atoms with van der Waals surface area (Å²) in [5, 5.41) is 7.05. The fraction of sp³-hybridized carbons (Fsp3) is 0. The van der Waals surface area contributed by atoms with Gasteiger partial charge in [0.25, 0.3) is 0 Å². The Morgan fingerprint density at radius 2 is 1.62 bits per heavy atom. The third-order valence-corrected chi connectivity index (χ3v) is 2.35. The molecule has 0 atom stereocenters. The third-order valence-electron chi connectivity index (χ3n) is 2.35. The number of benzene rings is 2. The Balaban J connectivity index is 2.67. The highest BCUT2D eigenvalue weighted by Crippen LogP contribution is 2.30. The van der Waals surface area contributed by atoms with Crippen molar-refractivity contribution in [2.75, 3.05) is 10.6 Å². The molecule has 2 rings (SSSR count). The maximum Gasteiger partial charge on any atom is 0.211 e. The number of carbonyl (C=O) groups is 2. The average Bonchev–Trinajstić information content (AvgIpc) is 2.32. The molecule has 0 saturated carbocycles. The van der Waals surface area contributed by atoms with Gasteiger partial charge in [-0.15, -0.1) is 0 Å².